The highest BCUT2D eigenvalue weighted by Crippen LogP contribution is 2.24. The van der Waals surface area contributed by atoms with Crippen molar-refractivity contribution in [2.45, 2.75) is 31.9 Å². The Morgan fingerprint density at radius 1 is 1.35 bits per heavy atom. The van der Waals surface area contributed by atoms with Crippen molar-refractivity contribution in [1.82, 2.24) is 5.32 Å². The summed E-state index contributed by atoms with van der Waals surface area (Å²) in [7, 11) is 0. The molecule has 0 aromatic heterocycles. The smallest absolute Gasteiger partial charge is 0.272 e. The maximum Gasteiger partial charge on any atom is 0.272 e. The fraction of sp³-hybridized carbons (Fsp3) is 0.571. The molecule has 0 atom stereocenters. The molecule has 1 heterocycles. The summed E-state index contributed by atoms with van der Waals surface area (Å²) < 4.78 is 35.9. The lowest BCUT2D eigenvalue weighted by molar-refractivity contribution is 0.0763. The first-order valence-electron chi connectivity index (χ1n) is 6.65. The maximum atomic E-state index is 12.2. The normalized spacial score (nSPS) is 16.6. The van der Waals surface area contributed by atoms with Crippen LogP contribution in [0.3, 0.4) is 0 Å². The number of ether oxygens (including phenoxy) is 2. The van der Waals surface area contributed by atoms with Crippen molar-refractivity contribution in [2.24, 2.45) is 0 Å². The van der Waals surface area contributed by atoms with Gasteiger partial charge in [0.25, 0.3) is 6.43 Å². The third kappa shape index (κ3) is 5.00. The Balaban J connectivity index is 1.95. The summed E-state index contributed by atoms with van der Waals surface area (Å²) in [6.45, 7) is 1.56. The van der Waals surface area contributed by atoms with Crippen LogP contribution in [0, 0.1) is 0 Å². The molecule has 1 saturated heterocycles. The molecule has 1 aliphatic rings. The van der Waals surface area contributed by atoms with Crippen LogP contribution in [0.4, 0.5) is 8.78 Å². The van der Waals surface area contributed by atoms with Crippen molar-refractivity contribution >= 4 is 15.9 Å². The number of rotatable bonds is 6. The minimum atomic E-state index is -2.46. The zero-order valence-corrected chi connectivity index (χ0v) is 12.7. The van der Waals surface area contributed by atoms with Crippen molar-refractivity contribution in [3.05, 3.63) is 28.2 Å². The quantitative estimate of drug-likeness (QED) is 0.854. The van der Waals surface area contributed by atoms with E-state index in [4.69, 9.17) is 9.47 Å². The third-order valence-electron chi connectivity index (χ3n) is 3.19. The largest absolute Gasteiger partial charge is 0.487 e. The van der Waals surface area contributed by atoms with Crippen LogP contribution in [0.1, 0.15) is 18.4 Å². The van der Waals surface area contributed by atoms with Gasteiger partial charge in [0, 0.05) is 35.8 Å². The van der Waals surface area contributed by atoms with Crippen LogP contribution in [0.25, 0.3) is 0 Å². The summed E-state index contributed by atoms with van der Waals surface area (Å²) >= 11 is 3.39. The van der Waals surface area contributed by atoms with Gasteiger partial charge in [-0.05, 0) is 31.0 Å². The zero-order valence-electron chi connectivity index (χ0n) is 11.1. The number of halogens is 3. The zero-order chi connectivity index (χ0) is 14.4. The van der Waals surface area contributed by atoms with Gasteiger partial charge in [-0.1, -0.05) is 15.9 Å². The molecule has 0 radical (unpaired) electrons. The van der Waals surface area contributed by atoms with Gasteiger partial charge in [0.05, 0.1) is 0 Å². The van der Waals surface area contributed by atoms with Gasteiger partial charge in [-0.15, -0.1) is 0 Å². The minimum absolute atomic E-state index is 0.408. The van der Waals surface area contributed by atoms with E-state index in [0.717, 1.165) is 36.1 Å². The first-order chi connectivity index (χ1) is 9.65. The second-order valence-electron chi connectivity index (χ2n) is 4.72. The Morgan fingerprint density at radius 2 is 2.10 bits per heavy atom. The Hall–Kier alpha value is -0.720. The highest BCUT2D eigenvalue weighted by atomic mass is 79.9. The van der Waals surface area contributed by atoms with E-state index in [1.807, 2.05) is 6.07 Å². The number of hydrogen-bond donors (Lipinski definition) is 1. The molecule has 0 spiro atoms. The molecule has 1 N–H and O–H groups in total. The molecular weight excluding hydrogens is 332 g/mol. The molecule has 20 heavy (non-hydrogen) atoms. The van der Waals surface area contributed by atoms with E-state index >= 15 is 0 Å². The summed E-state index contributed by atoms with van der Waals surface area (Å²) in [5.41, 5.74) is 0.881. The topological polar surface area (TPSA) is 30.5 Å². The van der Waals surface area contributed by atoms with E-state index < -0.39 is 13.0 Å². The summed E-state index contributed by atoms with van der Waals surface area (Å²) in [5, 5.41) is 3.42. The molecule has 0 unspecified atom stereocenters. The van der Waals surface area contributed by atoms with Gasteiger partial charge < -0.3 is 14.8 Å². The van der Waals surface area contributed by atoms with Crippen LogP contribution < -0.4 is 10.1 Å². The van der Waals surface area contributed by atoms with Crippen molar-refractivity contribution in [2.75, 3.05) is 19.8 Å². The molecule has 0 bridgehead atoms. The average molecular weight is 350 g/mol. The molecular formula is C14H18BrF2NO2. The van der Waals surface area contributed by atoms with Crippen LogP contribution in [-0.4, -0.2) is 32.3 Å². The molecule has 1 aromatic carbocycles. The monoisotopic (exact) mass is 349 g/mol. The molecule has 0 amide bonds. The fourth-order valence-corrected chi connectivity index (χ4v) is 2.54. The Morgan fingerprint density at radius 3 is 2.80 bits per heavy atom. The fourth-order valence-electron chi connectivity index (χ4n) is 2.14. The maximum absolute atomic E-state index is 12.2. The second kappa shape index (κ2) is 7.90. The average Bonchev–Trinajstić information content (AvgIpc) is 2.45. The third-order valence-corrected chi connectivity index (χ3v) is 3.68. The lowest BCUT2D eigenvalue weighted by Gasteiger charge is -2.23. The summed E-state index contributed by atoms with van der Waals surface area (Å²) in [4.78, 5) is 0. The van der Waals surface area contributed by atoms with E-state index in [0.29, 0.717) is 18.3 Å². The van der Waals surface area contributed by atoms with Gasteiger partial charge >= 0.3 is 0 Å². The van der Waals surface area contributed by atoms with Crippen LogP contribution in [0.15, 0.2) is 22.7 Å². The van der Waals surface area contributed by atoms with Crippen molar-refractivity contribution < 1.29 is 18.3 Å². The highest BCUT2D eigenvalue weighted by Gasteiger charge is 2.14. The molecule has 3 nitrogen and oxygen atoms in total. The van der Waals surface area contributed by atoms with E-state index in [1.54, 1.807) is 12.1 Å². The second-order valence-corrected chi connectivity index (χ2v) is 5.64. The molecule has 112 valence electrons. The number of benzene rings is 1. The lowest BCUT2D eigenvalue weighted by atomic mass is 10.1. The Labute approximate surface area is 125 Å². The molecule has 1 fully saturated rings. The van der Waals surface area contributed by atoms with Gasteiger partial charge in [-0.25, -0.2) is 8.78 Å². The van der Waals surface area contributed by atoms with Gasteiger partial charge in [0.2, 0.25) is 0 Å². The van der Waals surface area contributed by atoms with Gasteiger partial charge in [-0.3, -0.25) is 0 Å². The summed E-state index contributed by atoms with van der Waals surface area (Å²) in [5.74, 6) is 0.507. The number of alkyl halides is 2. The molecule has 0 aliphatic carbocycles. The lowest BCUT2D eigenvalue weighted by Crippen LogP contribution is -2.34. The van der Waals surface area contributed by atoms with E-state index in [-0.39, 0.29) is 0 Å². The van der Waals surface area contributed by atoms with Gasteiger partial charge in [-0.2, -0.15) is 0 Å². The minimum Gasteiger partial charge on any atom is -0.487 e. The predicted octanol–water partition coefficient (Wildman–Crippen LogP) is 3.36. The van der Waals surface area contributed by atoms with Crippen molar-refractivity contribution in [3.8, 4) is 5.75 Å². The first kappa shape index (κ1) is 15.7. The number of hydrogen-bond acceptors (Lipinski definition) is 3. The van der Waals surface area contributed by atoms with Gasteiger partial charge in [0.15, 0.2) is 0 Å². The van der Waals surface area contributed by atoms with E-state index in [2.05, 4.69) is 21.2 Å². The summed E-state index contributed by atoms with van der Waals surface area (Å²) in [6.07, 6.45) is -0.516. The highest BCUT2D eigenvalue weighted by molar-refractivity contribution is 9.10. The van der Waals surface area contributed by atoms with Crippen LogP contribution >= 0.6 is 15.9 Å². The van der Waals surface area contributed by atoms with Crippen LogP contribution in [-0.2, 0) is 11.3 Å². The van der Waals surface area contributed by atoms with Crippen molar-refractivity contribution in [3.63, 3.8) is 0 Å². The Kier molecular flexibility index (Phi) is 6.19. The van der Waals surface area contributed by atoms with Crippen LogP contribution in [0.5, 0.6) is 5.75 Å². The molecule has 1 aromatic rings. The van der Waals surface area contributed by atoms with E-state index in [1.165, 1.54) is 0 Å². The first-order valence-corrected chi connectivity index (χ1v) is 7.45. The Bertz CT molecular complexity index is 426. The molecule has 1 aliphatic heterocycles. The van der Waals surface area contributed by atoms with Crippen LogP contribution in [0.2, 0.25) is 0 Å². The molecule has 6 heteroatoms. The predicted molar refractivity (Wildman–Crippen MR) is 76.3 cm³/mol. The SMILES string of the molecule is FC(F)COc1ccc(Br)cc1CNC1CCOCC1. The number of nitrogens with one attached hydrogen (secondary N) is 1. The summed E-state index contributed by atoms with van der Waals surface area (Å²) in [6, 6.07) is 5.81. The molecule has 2 rings (SSSR count). The van der Waals surface area contributed by atoms with Gasteiger partial charge in [0.1, 0.15) is 12.4 Å². The standard InChI is InChI=1S/C14H18BrF2NO2/c15-11-1-2-13(20-9-14(16)17)10(7-11)8-18-12-3-5-19-6-4-12/h1-2,7,12,14,18H,3-6,8-9H2. The van der Waals surface area contributed by atoms with Crippen molar-refractivity contribution in [1.29, 1.82) is 0 Å². The molecule has 0 saturated carbocycles. The van der Waals surface area contributed by atoms with E-state index in [9.17, 15) is 8.78 Å².